The van der Waals surface area contributed by atoms with Crippen LogP contribution in [0.25, 0.3) is 6.08 Å². The Labute approximate surface area is 225 Å². The summed E-state index contributed by atoms with van der Waals surface area (Å²) in [6, 6.07) is 18.0. The average Bonchev–Trinajstić information content (AvgIpc) is 3.08. The van der Waals surface area contributed by atoms with Gasteiger partial charge in [-0.1, -0.05) is 41.9 Å². The first-order valence-electron chi connectivity index (χ1n) is 10.0. The molecule has 0 bridgehead atoms. The van der Waals surface area contributed by atoms with Gasteiger partial charge in [0.05, 0.1) is 22.1 Å². The lowest BCUT2D eigenvalue weighted by Crippen LogP contribution is -2.27. The maximum Gasteiger partial charge on any atom is 0.339 e. The molecule has 4 rings (SSSR count). The fraction of sp³-hybridized carbons (Fsp3) is 0.0833. The molecular formula is C24H17ClINO6S2. The SMILES string of the molecule is COc1cc(/C=C2\SC(=O)N(Cc3ccccc3)C2=O)cc(I)c1OS(=O)(=O)c1ccc(Cl)cc1. The molecule has 180 valence electrons. The van der Waals surface area contributed by atoms with Crippen molar-refractivity contribution >= 4 is 73.3 Å². The van der Waals surface area contributed by atoms with Gasteiger partial charge in [0.25, 0.3) is 11.1 Å². The first-order valence-corrected chi connectivity index (χ1v) is 13.7. The van der Waals surface area contributed by atoms with Crippen LogP contribution in [0, 0.1) is 3.57 Å². The molecule has 2 amide bonds. The average molecular weight is 642 g/mol. The highest BCUT2D eigenvalue weighted by molar-refractivity contribution is 14.1. The number of carbonyl (C=O) groups excluding carboxylic acids is 2. The number of ether oxygens (including phenoxy) is 1. The summed E-state index contributed by atoms with van der Waals surface area (Å²) in [4.78, 5) is 26.7. The Morgan fingerprint density at radius 1 is 1.06 bits per heavy atom. The summed E-state index contributed by atoms with van der Waals surface area (Å²) >= 11 is 8.61. The van der Waals surface area contributed by atoms with Crippen molar-refractivity contribution in [2.45, 2.75) is 11.4 Å². The fourth-order valence-electron chi connectivity index (χ4n) is 3.22. The van der Waals surface area contributed by atoms with E-state index in [-0.39, 0.29) is 33.1 Å². The van der Waals surface area contributed by atoms with Crippen LogP contribution >= 0.6 is 46.0 Å². The minimum absolute atomic E-state index is 0.0115. The first-order chi connectivity index (χ1) is 16.7. The van der Waals surface area contributed by atoms with Crippen LogP contribution in [0.3, 0.4) is 0 Å². The lowest BCUT2D eigenvalue weighted by Gasteiger charge is -2.14. The number of hydrogen-bond donors (Lipinski definition) is 0. The van der Waals surface area contributed by atoms with Gasteiger partial charge in [-0.2, -0.15) is 8.42 Å². The predicted molar refractivity (Wildman–Crippen MR) is 143 cm³/mol. The van der Waals surface area contributed by atoms with Crippen LogP contribution in [-0.4, -0.2) is 31.6 Å². The number of rotatable bonds is 7. The highest BCUT2D eigenvalue weighted by Gasteiger charge is 2.35. The molecule has 0 radical (unpaired) electrons. The summed E-state index contributed by atoms with van der Waals surface area (Å²) in [6.07, 6.45) is 1.57. The Balaban J connectivity index is 1.60. The highest BCUT2D eigenvalue weighted by Crippen LogP contribution is 2.39. The van der Waals surface area contributed by atoms with E-state index in [1.807, 2.05) is 52.9 Å². The number of halogens is 2. The lowest BCUT2D eigenvalue weighted by atomic mass is 10.1. The lowest BCUT2D eigenvalue weighted by molar-refractivity contribution is -0.123. The van der Waals surface area contributed by atoms with Crippen LogP contribution in [0.1, 0.15) is 11.1 Å². The quantitative estimate of drug-likeness (QED) is 0.179. The van der Waals surface area contributed by atoms with Crippen molar-refractivity contribution in [2.75, 3.05) is 7.11 Å². The Morgan fingerprint density at radius 2 is 1.74 bits per heavy atom. The third kappa shape index (κ3) is 5.83. The summed E-state index contributed by atoms with van der Waals surface area (Å²) in [5.41, 5.74) is 1.39. The van der Waals surface area contributed by atoms with Crippen molar-refractivity contribution < 1.29 is 26.9 Å². The molecule has 1 fully saturated rings. The molecule has 0 saturated carbocycles. The molecule has 1 heterocycles. The second kappa shape index (κ2) is 10.6. The third-order valence-corrected chi connectivity index (χ3v) is 8.10. The fourth-order valence-corrected chi connectivity index (χ4v) is 6.02. The van der Waals surface area contributed by atoms with Crippen molar-refractivity contribution in [3.8, 4) is 11.5 Å². The number of benzene rings is 3. The number of methoxy groups -OCH3 is 1. The Hall–Kier alpha value is -2.54. The van der Waals surface area contributed by atoms with Crippen molar-refractivity contribution in [1.29, 1.82) is 0 Å². The number of carbonyl (C=O) groups is 2. The van der Waals surface area contributed by atoms with Crippen LogP contribution in [-0.2, 0) is 21.5 Å². The van der Waals surface area contributed by atoms with Gasteiger partial charge in [-0.25, -0.2) is 0 Å². The summed E-state index contributed by atoms with van der Waals surface area (Å²) in [6.45, 7) is 0.180. The molecule has 0 N–H and O–H groups in total. The van der Waals surface area contributed by atoms with E-state index in [0.29, 0.717) is 14.2 Å². The number of amides is 2. The van der Waals surface area contributed by atoms with Gasteiger partial charge in [0.15, 0.2) is 11.5 Å². The van der Waals surface area contributed by atoms with Gasteiger partial charge in [-0.05, 0) is 88.0 Å². The van der Waals surface area contributed by atoms with Gasteiger partial charge in [0.2, 0.25) is 0 Å². The molecule has 0 spiro atoms. The van der Waals surface area contributed by atoms with E-state index < -0.39 is 16.0 Å². The van der Waals surface area contributed by atoms with E-state index in [1.165, 1.54) is 36.3 Å². The minimum atomic E-state index is -4.14. The van der Waals surface area contributed by atoms with Crippen LogP contribution in [0.5, 0.6) is 11.5 Å². The van der Waals surface area contributed by atoms with E-state index in [2.05, 4.69) is 0 Å². The second-order valence-electron chi connectivity index (χ2n) is 7.28. The largest absolute Gasteiger partial charge is 0.493 e. The predicted octanol–water partition coefficient (Wildman–Crippen LogP) is 5.96. The van der Waals surface area contributed by atoms with Crippen LogP contribution in [0.15, 0.2) is 76.5 Å². The molecule has 3 aromatic carbocycles. The minimum Gasteiger partial charge on any atom is -0.493 e. The number of imide groups is 1. The van der Waals surface area contributed by atoms with Crippen LogP contribution in [0.2, 0.25) is 5.02 Å². The van der Waals surface area contributed by atoms with Gasteiger partial charge < -0.3 is 8.92 Å². The molecule has 1 saturated heterocycles. The molecule has 0 aromatic heterocycles. The van der Waals surface area contributed by atoms with Crippen molar-refractivity contribution in [3.63, 3.8) is 0 Å². The molecule has 11 heteroatoms. The second-order valence-corrected chi connectivity index (χ2v) is 11.4. The van der Waals surface area contributed by atoms with Gasteiger partial charge in [-0.15, -0.1) is 0 Å². The maximum absolute atomic E-state index is 12.9. The van der Waals surface area contributed by atoms with Crippen molar-refractivity contribution in [2.24, 2.45) is 0 Å². The van der Waals surface area contributed by atoms with Gasteiger partial charge in [0.1, 0.15) is 4.90 Å². The number of hydrogen-bond acceptors (Lipinski definition) is 7. The van der Waals surface area contributed by atoms with Crippen LogP contribution < -0.4 is 8.92 Å². The van der Waals surface area contributed by atoms with Gasteiger partial charge in [0, 0.05) is 5.02 Å². The number of thioether (sulfide) groups is 1. The standard InChI is InChI=1S/C24H17ClINO6S2/c1-32-20-12-16(11-19(26)22(20)33-35(30,31)18-9-7-17(25)8-10-18)13-21-23(28)27(24(29)34-21)14-15-5-3-2-4-6-15/h2-13H,14H2,1H3/b21-13-. The molecule has 1 aliphatic heterocycles. The highest BCUT2D eigenvalue weighted by atomic mass is 127. The normalized spacial score (nSPS) is 15.1. The molecule has 0 aliphatic carbocycles. The molecule has 0 unspecified atom stereocenters. The Bertz CT molecular complexity index is 1430. The molecule has 35 heavy (non-hydrogen) atoms. The zero-order valence-corrected chi connectivity index (χ0v) is 22.7. The first kappa shape index (κ1) is 25.5. The summed E-state index contributed by atoms with van der Waals surface area (Å²) in [5, 5.41) is 0.0365. The summed E-state index contributed by atoms with van der Waals surface area (Å²) in [7, 11) is -2.76. The molecular weight excluding hydrogens is 625 g/mol. The van der Waals surface area contributed by atoms with Gasteiger partial charge >= 0.3 is 10.1 Å². The molecule has 0 atom stereocenters. The molecule has 3 aromatic rings. The monoisotopic (exact) mass is 641 g/mol. The van der Waals surface area contributed by atoms with Crippen molar-refractivity contribution in [1.82, 2.24) is 4.90 Å². The summed E-state index contributed by atoms with van der Waals surface area (Å²) < 4.78 is 36.6. The van der Waals surface area contributed by atoms with Crippen molar-refractivity contribution in [3.05, 3.63) is 91.4 Å². The zero-order valence-electron chi connectivity index (χ0n) is 18.1. The van der Waals surface area contributed by atoms with E-state index in [0.717, 1.165) is 17.3 Å². The molecule has 7 nitrogen and oxygen atoms in total. The summed E-state index contributed by atoms with van der Waals surface area (Å²) in [5.74, 6) is -0.231. The van der Waals surface area contributed by atoms with Gasteiger partial charge in [-0.3, -0.25) is 14.5 Å². The molecule has 1 aliphatic rings. The maximum atomic E-state index is 12.9. The Morgan fingerprint density at radius 3 is 2.40 bits per heavy atom. The smallest absolute Gasteiger partial charge is 0.339 e. The van der Waals surface area contributed by atoms with E-state index in [4.69, 9.17) is 20.5 Å². The van der Waals surface area contributed by atoms with E-state index in [9.17, 15) is 18.0 Å². The zero-order chi connectivity index (χ0) is 25.2. The number of nitrogens with zero attached hydrogens (tertiary/aromatic N) is 1. The van der Waals surface area contributed by atoms with Crippen LogP contribution in [0.4, 0.5) is 4.79 Å². The van der Waals surface area contributed by atoms with E-state index in [1.54, 1.807) is 18.2 Å². The Kier molecular flexibility index (Phi) is 7.74. The third-order valence-electron chi connectivity index (χ3n) is 4.90. The van der Waals surface area contributed by atoms with E-state index >= 15 is 0 Å². The topological polar surface area (TPSA) is 90.0 Å².